The first kappa shape index (κ1) is 25.3. The molecule has 0 aromatic heterocycles. The number of ketones is 1. The van der Waals surface area contributed by atoms with E-state index in [0.29, 0.717) is 36.6 Å². The highest BCUT2D eigenvalue weighted by molar-refractivity contribution is 6.46. The number of aliphatic hydroxyl groups is 1. The zero-order valence-electron chi connectivity index (χ0n) is 20.6. The van der Waals surface area contributed by atoms with E-state index in [9.17, 15) is 14.7 Å². The van der Waals surface area contributed by atoms with Crippen molar-refractivity contribution in [2.24, 2.45) is 0 Å². The standard InChI is InChI=1S/C27H34N2O5/c1-6-33-21-12-8-19(9-13-21)24-23(26(31)27(32)29(24)17-7-16-28(4)5)25(30)20-10-14-22(15-11-20)34-18(2)3/h8-15,18,24,30H,6-7,16-17H2,1-5H3/b25-23+/t24-/m1/s1. The summed E-state index contributed by atoms with van der Waals surface area (Å²) in [6.45, 7) is 7.49. The molecule has 0 spiro atoms. The Hall–Kier alpha value is -3.32. The second kappa shape index (κ2) is 11.2. The highest BCUT2D eigenvalue weighted by Gasteiger charge is 2.45. The molecule has 34 heavy (non-hydrogen) atoms. The molecule has 182 valence electrons. The fourth-order valence-electron chi connectivity index (χ4n) is 4.05. The quantitative estimate of drug-likeness (QED) is 0.320. The minimum Gasteiger partial charge on any atom is -0.507 e. The van der Waals surface area contributed by atoms with Crippen molar-refractivity contribution in [3.05, 3.63) is 65.2 Å². The fraction of sp³-hybridized carbons (Fsp3) is 0.407. The molecule has 1 fully saturated rings. The summed E-state index contributed by atoms with van der Waals surface area (Å²) in [6, 6.07) is 13.5. The molecular formula is C27H34N2O5. The maximum Gasteiger partial charge on any atom is 0.295 e. The highest BCUT2D eigenvalue weighted by Crippen LogP contribution is 2.40. The molecule has 1 saturated heterocycles. The molecule has 7 heteroatoms. The highest BCUT2D eigenvalue weighted by atomic mass is 16.5. The number of Topliss-reactive ketones (excluding diaryl/α,β-unsaturated/α-hetero) is 1. The number of hydrogen-bond acceptors (Lipinski definition) is 6. The minimum atomic E-state index is -0.677. The Morgan fingerprint density at radius 1 is 1.03 bits per heavy atom. The van der Waals surface area contributed by atoms with Crippen LogP contribution < -0.4 is 9.47 Å². The van der Waals surface area contributed by atoms with E-state index in [0.717, 1.165) is 12.1 Å². The second-order valence-corrected chi connectivity index (χ2v) is 8.84. The summed E-state index contributed by atoms with van der Waals surface area (Å²) >= 11 is 0. The van der Waals surface area contributed by atoms with Crippen LogP contribution in [0.1, 0.15) is 44.4 Å². The van der Waals surface area contributed by atoms with E-state index < -0.39 is 17.7 Å². The Kier molecular flexibility index (Phi) is 8.34. The van der Waals surface area contributed by atoms with Crippen LogP contribution >= 0.6 is 0 Å². The van der Waals surface area contributed by atoms with Crippen molar-refractivity contribution in [2.45, 2.75) is 39.3 Å². The summed E-state index contributed by atoms with van der Waals surface area (Å²) in [5, 5.41) is 11.2. The number of nitrogens with zero attached hydrogens (tertiary/aromatic N) is 2. The zero-order valence-corrected chi connectivity index (χ0v) is 20.6. The Labute approximate surface area is 201 Å². The lowest BCUT2D eigenvalue weighted by Crippen LogP contribution is -2.32. The monoisotopic (exact) mass is 466 g/mol. The van der Waals surface area contributed by atoms with Crippen LogP contribution in [0.25, 0.3) is 5.76 Å². The average Bonchev–Trinajstić information content (AvgIpc) is 3.04. The molecule has 2 aromatic rings. The predicted octanol–water partition coefficient (Wildman–Crippen LogP) is 4.25. The molecule has 0 radical (unpaired) electrons. The van der Waals surface area contributed by atoms with Gasteiger partial charge in [-0.25, -0.2) is 0 Å². The van der Waals surface area contributed by atoms with Gasteiger partial charge in [0.1, 0.15) is 17.3 Å². The van der Waals surface area contributed by atoms with Gasteiger partial charge in [0.25, 0.3) is 11.7 Å². The summed E-state index contributed by atoms with van der Waals surface area (Å²) in [6.07, 6.45) is 0.723. The molecule has 1 aliphatic rings. The molecule has 1 atom stereocenters. The van der Waals surface area contributed by atoms with Crippen molar-refractivity contribution in [3.8, 4) is 11.5 Å². The number of carbonyl (C=O) groups excluding carboxylic acids is 2. The average molecular weight is 467 g/mol. The molecule has 2 aromatic carbocycles. The van der Waals surface area contributed by atoms with E-state index in [1.807, 2.05) is 64.0 Å². The van der Waals surface area contributed by atoms with Gasteiger partial charge >= 0.3 is 0 Å². The van der Waals surface area contributed by atoms with E-state index in [2.05, 4.69) is 0 Å². The molecular weight excluding hydrogens is 432 g/mol. The maximum atomic E-state index is 13.1. The minimum absolute atomic E-state index is 0.0200. The zero-order chi connectivity index (χ0) is 24.8. The van der Waals surface area contributed by atoms with E-state index in [1.54, 1.807) is 29.2 Å². The summed E-state index contributed by atoms with van der Waals surface area (Å²) in [7, 11) is 3.93. The van der Waals surface area contributed by atoms with Gasteiger partial charge < -0.3 is 24.4 Å². The van der Waals surface area contributed by atoms with Gasteiger partial charge in [-0.3, -0.25) is 9.59 Å². The molecule has 1 aliphatic heterocycles. The van der Waals surface area contributed by atoms with Crippen LogP contribution in [-0.2, 0) is 9.59 Å². The number of ether oxygens (including phenoxy) is 2. The summed E-state index contributed by atoms with van der Waals surface area (Å²) in [5.41, 5.74) is 1.30. The van der Waals surface area contributed by atoms with Crippen molar-refractivity contribution >= 4 is 17.4 Å². The number of benzene rings is 2. The lowest BCUT2D eigenvalue weighted by Gasteiger charge is -2.26. The molecule has 3 rings (SSSR count). The smallest absolute Gasteiger partial charge is 0.295 e. The number of carbonyl (C=O) groups is 2. The topological polar surface area (TPSA) is 79.3 Å². The third kappa shape index (κ3) is 5.78. The van der Waals surface area contributed by atoms with Crippen molar-refractivity contribution in [1.29, 1.82) is 0 Å². The predicted molar refractivity (Wildman–Crippen MR) is 132 cm³/mol. The van der Waals surface area contributed by atoms with Crippen molar-refractivity contribution in [1.82, 2.24) is 9.80 Å². The summed E-state index contributed by atoms with van der Waals surface area (Å²) < 4.78 is 11.2. The second-order valence-electron chi connectivity index (χ2n) is 8.84. The largest absolute Gasteiger partial charge is 0.507 e. The maximum absolute atomic E-state index is 13.1. The van der Waals surface area contributed by atoms with Crippen molar-refractivity contribution in [2.75, 3.05) is 33.8 Å². The molecule has 0 bridgehead atoms. The van der Waals surface area contributed by atoms with Gasteiger partial charge in [0.2, 0.25) is 0 Å². The van der Waals surface area contributed by atoms with Gasteiger partial charge in [-0.2, -0.15) is 0 Å². The molecule has 7 nitrogen and oxygen atoms in total. The van der Waals surface area contributed by atoms with Crippen molar-refractivity contribution in [3.63, 3.8) is 0 Å². The van der Waals surface area contributed by atoms with Crippen LogP contribution in [0.2, 0.25) is 0 Å². The van der Waals surface area contributed by atoms with E-state index in [4.69, 9.17) is 9.47 Å². The molecule has 0 unspecified atom stereocenters. The number of aliphatic hydroxyl groups excluding tert-OH is 1. The number of amides is 1. The van der Waals surface area contributed by atoms with E-state index >= 15 is 0 Å². The van der Waals surface area contributed by atoms with E-state index in [-0.39, 0.29) is 17.4 Å². The normalized spacial score (nSPS) is 17.6. The Morgan fingerprint density at radius 3 is 2.21 bits per heavy atom. The first-order chi connectivity index (χ1) is 16.2. The number of likely N-dealkylation sites (tertiary alicyclic amines) is 1. The molecule has 1 amide bonds. The van der Waals surface area contributed by atoms with Gasteiger partial charge in [-0.15, -0.1) is 0 Å². The summed E-state index contributed by atoms with van der Waals surface area (Å²) in [4.78, 5) is 29.7. The lowest BCUT2D eigenvalue weighted by atomic mass is 9.95. The van der Waals surface area contributed by atoms with Crippen LogP contribution in [0, 0.1) is 0 Å². The van der Waals surface area contributed by atoms with Gasteiger partial charge in [-0.1, -0.05) is 12.1 Å². The molecule has 1 N–H and O–H groups in total. The summed E-state index contributed by atoms with van der Waals surface area (Å²) in [5.74, 6) is -0.0959. The van der Waals surface area contributed by atoms with Gasteiger partial charge in [0, 0.05) is 12.1 Å². The van der Waals surface area contributed by atoms with E-state index in [1.165, 1.54) is 0 Å². The van der Waals surface area contributed by atoms with Crippen LogP contribution in [0.4, 0.5) is 0 Å². The lowest BCUT2D eigenvalue weighted by molar-refractivity contribution is -0.139. The third-order valence-electron chi connectivity index (χ3n) is 5.55. The SMILES string of the molecule is CCOc1ccc([C@@H]2/C(=C(\O)c3ccc(OC(C)C)cc3)C(=O)C(=O)N2CCCN(C)C)cc1. The Bertz CT molecular complexity index is 1030. The number of rotatable bonds is 10. The van der Waals surface area contributed by atoms with Crippen LogP contribution in [0.5, 0.6) is 11.5 Å². The van der Waals surface area contributed by atoms with Gasteiger partial charge in [0.05, 0.1) is 24.3 Å². The number of hydrogen-bond donors (Lipinski definition) is 1. The molecule has 0 saturated carbocycles. The van der Waals surface area contributed by atoms with Crippen LogP contribution in [0.3, 0.4) is 0 Å². The Balaban J connectivity index is 2.02. The first-order valence-corrected chi connectivity index (χ1v) is 11.7. The van der Waals surface area contributed by atoms with Gasteiger partial charge in [-0.05, 0) is 89.8 Å². The van der Waals surface area contributed by atoms with Crippen LogP contribution in [-0.4, -0.2) is 66.5 Å². The van der Waals surface area contributed by atoms with Crippen LogP contribution in [0.15, 0.2) is 54.1 Å². The molecule has 0 aliphatic carbocycles. The first-order valence-electron chi connectivity index (χ1n) is 11.7. The van der Waals surface area contributed by atoms with Crippen molar-refractivity contribution < 1.29 is 24.2 Å². The Morgan fingerprint density at radius 2 is 1.65 bits per heavy atom. The fourth-order valence-corrected chi connectivity index (χ4v) is 4.05. The third-order valence-corrected chi connectivity index (χ3v) is 5.55. The molecule has 1 heterocycles. The van der Waals surface area contributed by atoms with Gasteiger partial charge in [0.15, 0.2) is 0 Å².